The molecule has 0 unspecified atom stereocenters. The van der Waals surface area contributed by atoms with E-state index in [1.54, 1.807) is 12.1 Å². The fourth-order valence-electron chi connectivity index (χ4n) is 3.35. The number of non-ortho nitro benzene ring substituents is 1. The molecule has 160 valence electrons. The summed E-state index contributed by atoms with van der Waals surface area (Å²) in [6.07, 6.45) is 1.05. The van der Waals surface area contributed by atoms with Crippen molar-refractivity contribution in [1.29, 1.82) is 0 Å². The summed E-state index contributed by atoms with van der Waals surface area (Å²) in [5, 5.41) is 14.2. The second-order valence-electron chi connectivity index (χ2n) is 8.39. The Morgan fingerprint density at radius 1 is 1.28 bits per heavy atom. The van der Waals surface area contributed by atoms with Crippen LogP contribution in [0.2, 0.25) is 0 Å². The average Bonchev–Trinajstić information content (AvgIpc) is 2.64. The number of nitrogens with zero attached hydrogens (tertiary/aromatic N) is 2. The Morgan fingerprint density at radius 2 is 2.00 bits per heavy atom. The first-order chi connectivity index (χ1) is 13.7. The van der Waals surface area contributed by atoms with Crippen molar-refractivity contribution in [2.75, 3.05) is 31.2 Å². The molecule has 3 rings (SSSR count). The fourth-order valence-corrected chi connectivity index (χ4v) is 3.35. The van der Waals surface area contributed by atoms with Gasteiger partial charge >= 0.3 is 6.09 Å². The Bertz CT molecular complexity index is 742. The topological polar surface area (TPSA) is 103 Å². The first-order valence-electron chi connectivity index (χ1n) is 9.93. The first kappa shape index (κ1) is 21.3. The van der Waals surface area contributed by atoms with Crippen LogP contribution < -0.4 is 10.2 Å². The summed E-state index contributed by atoms with van der Waals surface area (Å²) >= 11 is 0. The van der Waals surface area contributed by atoms with Crippen molar-refractivity contribution >= 4 is 17.5 Å². The number of carbonyl (C=O) groups excluding carboxylic acids is 1. The van der Waals surface area contributed by atoms with Gasteiger partial charge in [0.2, 0.25) is 0 Å². The number of hydrogen-bond donors (Lipinski definition) is 1. The van der Waals surface area contributed by atoms with Gasteiger partial charge in [0, 0.05) is 30.9 Å². The summed E-state index contributed by atoms with van der Waals surface area (Å²) in [5.41, 5.74) is 1.04. The average molecular weight is 407 g/mol. The number of hydrogen-bond acceptors (Lipinski definition) is 7. The van der Waals surface area contributed by atoms with Crippen LogP contribution in [0.3, 0.4) is 0 Å². The molecule has 0 bridgehead atoms. The van der Waals surface area contributed by atoms with Crippen LogP contribution in [-0.4, -0.2) is 55.1 Å². The lowest BCUT2D eigenvalue weighted by Crippen LogP contribution is -2.52. The van der Waals surface area contributed by atoms with Crippen LogP contribution in [0.1, 0.15) is 39.2 Å². The Labute approximate surface area is 170 Å². The van der Waals surface area contributed by atoms with Crippen molar-refractivity contribution < 1.29 is 23.9 Å². The standard InChI is InChI=1S/C20H29N3O6/c1-20(2,3)29-19(24)21-17-4-5-18(17)28-13-14-10-15(12-16(11-14)23(25)26)22-6-8-27-9-7-22/h10-12,17-18H,4-9,13H2,1-3H3,(H,21,24)/t17-,18-/m1/s1. The Morgan fingerprint density at radius 3 is 2.59 bits per heavy atom. The Kier molecular flexibility index (Phi) is 6.59. The van der Waals surface area contributed by atoms with Crippen LogP contribution in [0.15, 0.2) is 18.2 Å². The smallest absolute Gasteiger partial charge is 0.407 e. The van der Waals surface area contributed by atoms with E-state index in [0.717, 1.165) is 24.1 Å². The number of anilines is 1. The van der Waals surface area contributed by atoms with Crippen LogP contribution in [0, 0.1) is 10.1 Å². The molecule has 1 aromatic carbocycles. The number of ether oxygens (including phenoxy) is 3. The van der Waals surface area contributed by atoms with Crippen molar-refractivity contribution in [3.8, 4) is 0 Å². The van der Waals surface area contributed by atoms with Crippen molar-refractivity contribution in [2.24, 2.45) is 0 Å². The molecule has 1 aliphatic heterocycles. The third kappa shape index (κ3) is 6.04. The van der Waals surface area contributed by atoms with Gasteiger partial charge < -0.3 is 24.4 Å². The van der Waals surface area contributed by atoms with Gasteiger partial charge in [-0.15, -0.1) is 0 Å². The summed E-state index contributed by atoms with van der Waals surface area (Å²) in [5.74, 6) is 0. The molecular weight excluding hydrogens is 378 g/mol. The third-order valence-corrected chi connectivity index (χ3v) is 4.93. The molecular formula is C20H29N3O6. The summed E-state index contributed by atoms with van der Waals surface area (Å²) in [6, 6.07) is 4.94. The molecule has 29 heavy (non-hydrogen) atoms. The van der Waals surface area contributed by atoms with Gasteiger partial charge in [0.1, 0.15) is 5.60 Å². The van der Waals surface area contributed by atoms with Gasteiger partial charge in [0.25, 0.3) is 5.69 Å². The first-order valence-corrected chi connectivity index (χ1v) is 9.93. The largest absolute Gasteiger partial charge is 0.444 e. The number of alkyl carbamates (subject to hydrolysis) is 1. The molecule has 1 aliphatic carbocycles. The highest BCUT2D eigenvalue weighted by Crippen LogP contribution is 2.28. The predicted octanol–water partition coefficient (Wildman–Crippen LogP) is 3.00. The van der Waals surface area contributed by atoms with Gasteiger partial charge in [0.15, 0.2) is 0 Å². The molecule has 0 radical (unpaired) electrons. The second-order valence-corrected chi connectivity index (χ2v) is 8.39. The van der Waals surface area contributed by atoms with Crippen molar-refractivity contribution in [3.63, 3.8) is 0 Å². The van der Waals surface area contributed by atoms with Crippen LogP contribution in [0.4, 0.5) is 16.2 Å². The van der Waals surface area contributed by atoms with Crippen molar-refractivity contribution in [3.05, 3.63) is 33.9 Å². The minimum atomic E-state index is -0.553. The lowest BCUT2D eigenvalue weighted by atomic mass is 9.89. The summed E-state index contributed by atoms with van der Waals surface area (Å²) in [4.78, 5) is 25.0. The summed E-state index contributed by atoms with van der Waals surface area (Å²) < 4.78 is 16.6. The van der Waals surface area contributed by atoms with Crippen molar-refractivity contribution in [1.82, 2.24) is 5.32 Å². The molecule has 2 atom stereocenters. The van der Waals surface area contributed by atoms with Crippen LogP contribution in [0.5, 0.6) is 0 Å². The number of carbonyl (C=O) groups is 1. The van der Waals surface area contributed by atoms with E-state index in [1.807, 2.05) is 26.8 Å². The van der Waals surface area contributed by atoms with Gasteiger partial charge in [-0.2, -0.15) is 0 Å². The maximum absolute atomic E-state index is 11.9. The van der Waals surface area contributed by atoms with E-state index in [0.29, 0.717) is 26.3 Å². The molecule has 1 saturated heterocycles. The molecule has 1 heterocycles. The van der Waals surface area contributed by atoms with E-state index >= 15 is 0 Å². The summed E-state index contributed by atoms with van der Waals surface area (Å²) in [7, 11) is 0. The van der Waals surface area contributed by atoms with Crippen LogP contribution in [-0.2, 0) is 20.8 Å². The SMILES string of the molecule is CC(C)(C)OC(=O)N[C@@H]1CC[C@H]1OCc1cc(N2CCOCC2)cc([N+](=O)[O-])c1. The number of amides is 1. The molecule has 0 spiro atoms. The van der Waals surface area contributed by atoms with E-state index in [2.05, 4.69) is 10.2 Å². The number of rotatable bonds is 6. The molecule has 9 heteroatoms. The van der Waals surface area contributed by atoms with E-state index < -0.39 is 11.7 Å². The Hall–Kier alpha value is -2.39. The quantitative estimate of drug-likeness (QED) is 0.571. The van der Waals surface area contributed by atoms with Gasteiger partial charge in [-0.25, -0.2) is 4.79 Å². The van der Waals surface area contributed by atoms with Crippen molar-refractivity contribution in [2.45, 2.75) is 58.0 Å². The maximum Gasteiger partial charge on any atom is 0.407 e. The monoisotopic (exact) mass is 407 g/mol. The van der Waals surface area contributed by atoms with E-state index in [4.69, 9.17) is 14.2 Å². The van der Waals surface area contributed by atoms with E-state index in [-0.39, 0.29) is 29.4 Å². The molecule has 1 saturated carbocycles. The number of nitrogens with one attached hydrogen (secondary N) is 1. The highest BCUT2D eigenvalue weighted by molar-refractivity contribution is 5.68. The molecule has 2 fully saturated rings. The molecule has 1 N–H and O–H groups in total. The normalized spacial score (nSPS) is 22.0. The second kappa shape index (κ2) is 8.96. The lowest BCUT2D eigenvalue weighted by molar-refractivity contribution is -0.384. The number of nitro groups is 1. The van der Waals surface area contributed by atoms with E-state index in [1.165, 1.54) is 0 Å². The highest BCUT2D eigenvalue weighted by atomic mass is 16.6. The predicted molar refractivity (Wildman–Crippen MR) is 107 cm³/mol. The van der Waals surface area contributed by atoms with Crippen LogP contribution >= 0.6 is 0 Å². The number of nitro benzene ring substituents is 1. The molecule has 9 nitrogen and oxygen atoms in total. The molecule has 2 aliphatic rings. The number of morpholine rings is 1. The third-order valence-electron chi connectivity index (χ3n) is 4.93. The summed E-state index contributed by atoms with van der Waals surface area (Å²) in [6.45, 7) is 8.30. The Balaban J connectivity index is 1.60. The minimum absolute atomic E-state index is 0.0460. The zero-order chi connectivity index (χ0) is 21.0. The van der Waals surface area contributed by atoms with Gasteiger partial charge in [-0.05, 0) is 45.2 Å². The zero-order valence-electron chi connectivity index (χ0n) is 17.2. The van der Waals surface area contributed by atoms with Gasteiger partial charge in [-0.1, -0.05) is 0 Å². The van der Waals surface area contributed by atoms with E-state index in [9.17, 15) is 14.9 Å². The molecule has 1 amide bonds. The molecule has 1 aromatic rings. The van der Waals surface area contributed by atoms with Crippen LogP contribution in [0.25, 0.3) is 0 Å². The maximum atomic E-state index is 11.9. The minimum Gasteiger partial charge on any atom is -0.444 e. The molecule has 0 aromatic heterocycles. The van der Waals surface area contributed by atoms with Gasteiger partial charge in [0.05, 0.1) is 36.9 Å². The lowest BCUT2D eigenvalue weighted by Gasteiger charge is -2.37. The van der Waals surface area contributed by atoms with Gasteiger partial charge in [-0.3, -0.25) is 10.1 Å². The fraction of sp³-hybridized carbons (Fsp3) is 0.650. The highest BCUT2D eigenvalue weighted by Gasteiger charge is 2.34. The zero-order valence-corrected chi connectivity index (χ0v) is 17.2. The number of benzene rings is 1.